The van der Waals surface area contributed by atoms with Crippen molar-refractivity contribution in [2.75, 3.05) is 7.05 Å². The van der Waals surface area contributed by atoms with Crippen LogP contribution < -0.4 is 5.32 Å². The molecular weight excluding hydrogens is 254 g/mol. The number of rotatable bonds is 5. The van der Waals surface area contributed by atoms with E-state index in [1.54, 1.807) is 18.0 Å². The van der Waals surface area contributed by atoms with Crippen molar-refractivity contribution in [1.29, 1.82) is 0 Å². The molecule has 2 nitrogen and oxygen atoms in total. The van der Waals surface area contributed by atoms with Crippen LogP contribution >= 0.6 is 23.4 Å². The van der Waals surface area contributed by atoms with Crippen molar-refractivity contribution < 1.29 is 4.42 Å². The topological polar surface area (TPSA) is 25.2 Å². The van der Waals surface area contributed by atoms with Gasteiger partial charge in [-0.05, 0) is 36.9 Å². The number of nitrogens with one attached hydrogen (secondary N) is 1. The van der Waals surface area contributed by atoms with Crippen LogP contribution in [-0.4, -0.2) is 7.05 Å². The molecule has 0 saturated carbocycles. The lowest BCUT2D eigenvalue weighted by Crippen LogP contribution is -2.04. The molecule has 0 aliphatic heterocycles. The summed E-state index contributed by atoms with van der Waals surface area (Å²) >= 11 is 7.91. The van der Waals surface area contributed by atoms with E-state index in [-0.39, 0.29) is 0 Å². The van der Waals surface area contributed by atoms with Gasteiger partial charge in [0.2, 0.25) is 0 Å². The van der Waals surface area contributed by atoms with Crippen LogP contribution in [0, 0.1) is 0 Å². The second-order valence-corrected chi connectivity index (χ2v) is 5.09. The van der Waals surface area contributed by atoms with E-state index in [9.17, 15) is 0 Å². The maximum atomic E-state index is 6.23. The van der Waals surface area contributed by atoms with Gasteiger partial charge in [-0.15, -0.1) is 11.8 Å². The van der Waals surface area contributed by atoms with E-state index in [0.29, 0.717) is 0 Å². The van der Waals surface area contributed by atoms with Crippen molar-refractivity contribution in [2.45, 2.75) is 17.2 Å². The van der Waals surface area contributed by atoms with Gasteiger partial charge in [-0.2, -0.15) is 0 Å². The van der Waals surface area contributed by atoms with Crippen molar-refractivity contribution in [3.8, 4) is 0 Å². The number of benzene rings is 1. The molecule has 2 aromatic rings. The Morgan fingerprint density at radius 1 is 1.35 bits per heavy atom. The lowest BCUT2D eigenvalue weighted by Gasteiger charge is -2.06. The monoisotopic (exact) mass is 267 g/mol. The lowest BCUT2D eigenvalue weighted by atomic mass is 10.2. The summed E-state index contributed by atoms with van der Waals surface area (Å²) in [5.74, 6) is 1.77. The van der Waals surface area contributed by atoms with E-state index in [2.05, 4.69) is 17.4 Å². The molecule has 0 fully saturated rings. The van der Waals surface area contributed by atoms with Crippen LogP contribution in [0.4, 0.5) is 0 Å². The first kappa shape index (κ1) is 12.6. The van der Waals surface area contributed by atoms with Gasteiger partial charge in [0, 0.05) is 11.4 Å². The predicted molar refractivity (Wildman–Crippen MR) is 72.5 cm³/mol. The molecule has 90 valence electrons. The highest BCUT2D eigenvalue weighted by Gasteiger charge is 2.04. The average molecular weight is 268 g/mol. The number of thioether (sulfide) groups is 1. The van der Waals surface area contributed by atoms with E-state index in [4.69, 9.17) is 16.0 Å². The Bertz CT molecular complexity index is 470. The number of halogens is 1. The fourth-order valence-electron chi connectivity index (χ4n) is 1.52. The van der Waals surface area contributed by atoms with E-state index >= 15 is 0 Å². The Labute approximate surface area is 110 Å². The maximum absolute atomic E-state index is 6.23. The molecule has 0 bridgehead atoms. The molecule has 0 spiro atoms. The zero-order valence-electron chi connectivity index (χ0n) is 9.57. The molecule has 1 aromatic carbocycles. The van der Waals surface area contributed by atoms with Crippen molar-refractivity contribution >= 4 is 23.4 Å². The van der Waals surface area contributed by atoms with Gasteiger partial charge in [0.05, 0.1) is 17.0 Å². The third kappa shape index (κ3) is 3.53. The molecule has 1 N–H and O–H groups in total. The molecule has 1 aromatic heterocycles. The quantitative estimate of drug-likeness (QED) is 0.831. The molecule has 0 amide bonds. The Hall–Kier alpha value is -0.900. The van der Waals surface area contributed by atoms with Gasteiger partial charge in [0.1, 0.15) is 5.76 Å². The van der Waals surface area contributed by atoms with Gasteiger partial charge in [0.15, 0.2) is 0 Å². The third-order valence-electron chi connectivity index (χ3n) is 2.33. The van der Waals surface area contributed by atoms with Crippen LogP contribution in [0.25, 0.3) is 0 Å². The lowest BCUT2D eigenvalue weighted by molar-refractivity contribution is 0.530. The highest BCUT2D eigenvalue weighted by atomic mass is 35.5. The highest BCUT2D eigenvalue weighted by molar-refractivity contribution is 7.98. The summed E-state index contributed by atoms with van der Waals surface area (Å²) in [7, 11) is 1.92. The molecular formula is C13H14ClNOS. The number of hydrogen-bond acceptors (Lipinski definition) is 3. The molecule has 0 unspecified atom stereocenters. The van der Waals surface area contributed by atoms with Crippen LogP contribution in [-0.2, 0) is 12.3 Å². The Morgan fingerprint density at radius 2 is 2.24 bits per heavy atom. The first-order chi connectivity index (χ1) is 8.29. The second-order valence-electron chi connectivity index (χ2n) is 3.66. The molecule has 0 aliphatic rings. The minimum Gasteiger partial charge on any atom is -0.468 e. The SMILES string of the molecule is CNCc1ccc(SCc2ccco2)c(Cl)c1. The largest absolute Gasteiger partial charge is 0.468 e. The van der Waals surface area contributed by atoms with Crippen molar-refractivity contribution in [3.63, 3.8) is 0 Å². The Kier molecular flexibility index (Phi) is 4.54. The van der Waals surface area contributed by atoms with Gasteiger partial charge in [0.25, 0.3) is 0 Å². The van der Waals surface area contributed by atoms with E-state index in [1.807, 2.05) is 25.2 Å². The van der Waals surface area contributed by atoms with Crippen LogP contribution in [0.15, 0.2) is 45.9 Å². The Morgan fingerprint density at radius 3 is 2.88 bits per heavy atom. The van der Waals surface area contributed by atoms with Gasteiger partial charge < -0.3 is 9.73 Å². The van der Waals surface area contributed by atoms with Crippen LogP contribution in [0.5, 0.6) is 0 Å². The zero-order valence-corrected chi connectivity index (χ0v) is 11.1. The normalized spacial score (nSPS) is 10.7. The first-order valence-electron chi connectivity index (χ1n) is 5.38. The fourth-order valence-corrected chi connectivity index (χ4v) is 2.71. The molecule has 0 atom stereocenters. The molecule has 2 rings (SSSR count). The summed E-state index contributed by atoms with van der Waals surface area (Å²) in [5, 5.41) is 3.90. The highest BCUT2D eigenvalue weighted by Crippen LogP contribution is 2.30. The molecule has 17 heavy (non-hydrogen) atoms. The molecule has 4 heteroatoms. The maximum Gasteiger partial charge on any atom is 0.113 e. The van der Waals surface area contributed by atoms with E-state index < -0.39 is 0 Å². The standard InChI is InChI=1S/C13H14ClNOS/c1-15-8-10-4-5-13(12(14)7-10)17-9-11-3-2-6-16-11/h2-7,15H,8-9H2,1H3. The smallest absolute Gasteiger partial charge is 0.113 e. The summed E-state index contributed by atoms with van der Waals surface area (Å²) in [6, 6.07) is 10.0. The van der Waals surface area contributed by atoms with Gasteiger partial charge in [-0.3, -0.25) is 0 Å². The van der Waals surface area contributed by atoms with Crippen LogP contribution in [0.3, 0.4) is 0 Å². The van der Waals surface area contributed by atoms with Gasteiger partial charge in [-0.1, -0.05) is 17.7 Å². The van der Waals surface area contributed by atoms with E-state index in [0.717, 1.165) is 28.0 Å². The summed E-state index contributed by atoms with van der Waals surface area (Å²) in [4.78, 5) is 1.09. The summed E-state index contributed by atoms with van der Waals surface area (Å²) in [6.07, 6.45) is 1.69. The second kappa shape index (κ2) is 6.15. The zero-order chi connectivity index (χ0) is 12.1. The minimum atomic E-state index is 0.800. The van der Waals surface area contributed by atoms with Crippen LogP contribution in [0.2, 0.25) is 5.02 Å². The average Bonchev–Trinajstić information content (AvgIpc) is 2.81. The van der Waals surface area contributed by atoms with E-state index in [1.165, 1.54) is 5.56 Å². The molecule has 0 radical (unpaired) electrons. The van der Waals surface area contributed by atoms with Crippen molar-refractivity contribution in [1.82, 2.24) is 5.32 Å². The first-order valence-corrected chi connectivity index (χ1v) is 6.74. The Balaban J connectivity index is 2.01. The number of hydrogen-bond donors (Lipinski definition) is 1. The number of furan rings is 1. The molecule has 0 saturated heterocycles. The summed E-state index contributed by atoms with van der Waals surface area (Å²) < 4.78 is 5.28. The molecule has 1 heterocycles. The van der Waals surface area contributed by atoms with Crippen molar-refractivity contribution in [3.05, 3.63) is 52.9 Å². The summed E-state index contributed by atoms with van der Waals surface area (Å²) in [6.45, 7) is 0.836. The van der Waals surface area contributed by atoms with Gasteiger partial charge >= 0.3 is 0 Å². The molecule has 0 aliphatic carbocycles. The van der Waals surface area contributed by atoms with Crippen molar-refractivity contribution in [2.24, 2.45) is 0 Å². The fraction of sp³-hybridized carbons (Fsp3) is 0.231. The summed E-state index contributed by atoms with van der Waals surface area (Å²) in [5.41, 5.74) is 1.19. The van der Waals surface area contributed by atoms with Crippen LogP contribution in [0.1, 0.15) is 11.3 Å². The predicted octanol–water partition coefficient (Wildman–Crippen LogP) is 3.94. The minimum absolute atomic E-state index is 0.800. The van der Waals surface area contributed by atoms with Gasteiger partial charge in [-0.25, -0.2) is 0 Å². The third-order valence-corrected chi connectivity index (χ3v) is 3.85.